The van der Waals surface area contributed by atoms with Crippen molar-refractivity contribution < 1.29 is 4.79 Å². The number of hydrogen-bond donors (Lipinski definition) is 2. The molecule has 0 saturated carbocycles. The van der Waals surface area contributed by atoms with E-state index in [4.69, 9.17) is 23.2 Å². The molecule has 0 saturated heterocycles. The number of aromatic amines is 1. The molecule has 0 aliphatic rings. The van der Waals surface area contributed by atoms with Crippen molar-refractivity contribution in [3.8, 4) is 0 Å². The second kappa shape index (κ2) is 4.45. The van der Waals surface area contributed by atoms with Gasteiger partial charge in [-0.15, -0.1) is 11.3 Å². The van der Waals surface area contributed by atoms with Crippen LogP contribution < -0.4 is 5.32 Å². The molecule has 0 fully saturated rings. The zero-order valence-corrected chi connectivity index (χ0v) is 10.5. The van der Waals surface area contributed by atoms with E-state index in [0.29, 0.717) is 15.8 Å². The fourth-order valence-corrected chi connectivity index (χ4v) is 2.08. The molecule has 1 amide bonds. The smallest absolute Gasteiger partial charge is 0.273 e. The molecule has 0 bridgehead atoms. The highest BCUT2D eigenvalue weighted by molar-refractivity contribution is 7.15. The van der Waals surface area contributed by atoms with E-state index in [1.807, 2.05) is 6.92 Å². The Kier molecular flexibility index (Phi) is 3.18. The van der Waals surface area contributed by atoms with Gasteiger partial charge in [0.15, 0.2) is 5.13 Å². The number of halogens is 2. The number of amides is 1. The van der Waals surface area contributed by atoms with Crippen LogP contribution in [0.5, 0.6) is 0 Å². The number of nitrogens with zero attached hydrogens (tertiary/aromatic N) is 1. The highest BCUT2D eigenvalue weighted by atomic mass is 35.5. The first-order valence-corrected chi connectivity index (χ1v) is 5.91. The summed E-state index contributed by atoms with van der Waals surface area (Å²) in [6, 6.07) is 1.47. The zero-order valence-electron chi connectivity index (χ0n) is 8.17. The van der Waals surface area contributed by atoms with Crippen molar-refractivity contribution in [1.82, 2.24) is 9.97 Å². The van der Waals surface area contributed by atoms with Crippen LogP contribution in [0.2, 0.25) is 10.2 Å². The molecule has 0 radical (unpaired) electrons. The highest BCUT2D eigenvalue weighted by Crippen LogP contribution is 2.23. The van der Waals surface area contributed by atoms with Gasteiger partial charge in [0.1, 0.15) is 10.8 Å². The summed E-state index contributed by atoms with van der Waals surface area (Å²) in [7, 11) is 0. The molecular weight excluding hydrogens is 269 g/mol. The summed E-state index contributed by atoms with van der Waals surface area (Å²) < 4.78 is 0. The monoisotopic (exact) mass is 275 g/mol. The van der Waals surface area contributed by atoms with Crippen molar-refractivity contribution in [2.45, 2.75) is 6.92 Å². The lowest BCUT2D eigenvalue weighted by Gasteiger charge is -1.97. The third-order valence-corrected chi connectivity index (χ3v) is 3.33. The molecule has 4 nitrogen and oxygen atoms in total. The maximum atomic E-state index is 11.7. The van der Waals surface area contributed by atoms with Crippen LogP contribution in [0.4, 0.5) is 5.13 Å². The lowest BCUT2D eigenvalue weighted by atomic mass is 10.4. The molecule has 2 rings (SSSR count). The van der Waals surface area contributed by atoms with Gasteiger partial charge in [-0.25, -0.2) is 4.98 Å². The molecule has 2 heterocycles. The molecule has 2 aromatic rings. The first-order chi connectivity index (χ1) is 7.56. The Bertz CT molecular complexity index is 515. The Morgan fingerprint density at radius 1 is 1.56 bits per heavy atom. The minimum absolute atomic E-state index is 0.252. The fraction of sp³-hybridized carbons (Fsp3) is 0.111. The number of thiazole rings is 1. The molecule has 7 heteroatoms. The van der Waals surface area contributed by atoms with Crippen LogP contribution >= 0.6 is 34.5 Å². The van der Waals surface area contributed by atoms with E-state index in [2.05, 4.69) is 15.3 Å². The number of nitrogens with one attached hydrogen (secondary N) is 2. The van der Waals surface area contributed by atoms with Crippen molar-refractivity contribution >= 4 is 45.6 Å². The Morgan fingerprint density at radius 3 is 2.81 bits per heavy atom. The molecular formula is C9H7Cl2N3OS. The summed E-state index contributed by atoms with van der Waals surface area (Å²) in [5.74, 6) is -0.317. The van der Waals surface area contributed by atoms with E-state index in [1.165, 1.54) is 17.4 Å². The van der Waals surface area contributed by atoms with Gasteiger partial charge in [-0.2, -0.15) is 0 Å². The minimum Gasteiger partial charge on any atom is -0.340 e. The number of aromatic nitrogens is 2. The van der Waals surface area contributed by atoms with Crippen LogP contribution in [0.3, 0.4) is 0 Å². The topological polar surface area (TPSA) is 57.8 Å². The van der Waals surface area contributed by atoms with Gasteiger partial charge in [-0.3, -0.25) is 10.1 Å². The fourth-order valence-electron chi connectivity index (χ4n) is 1.10. The number of rotatable bonds is 2. The van der Waals surface area contributed by atoms with Crippen LogP contribution in [0, 0.1) is 6.92 Å². The molecule has 0 unspecified atom stereocenters. The van der Waals surface area contributed by atoms with Gasteiger partial charge < -0.3 is 4.98 Å². The van der Waals surface area contributed by atoms with E-state index >= 15 is 0 Å². The quantitative estimate of drug-likeness (QED) is 0.883. The third kappa shape index (κ3) is 2.37. The molecule has 2 aromatic heterocycles. The summed E-state index contributed by atoms with van der Waals surface area (Å²) in [5, 5.41) is 3.76. The Morgan fingerprint density at radius 2 is 2.31 bits per heavy atom. The van der Waals surface area contributed by atoms with Gasteiger partial charge >= 0.3 is 0 Å². The molecule has 0 aromatic carbocycles. The average molecular weight is 276 g/mol. The van der Waals surface area contributed by atoms with Crippen LogP contribution in [0.1, 0.15) is 15.4 Å². The molecule has 0 atom stereocenters. The van der Waals surface area contributed by atoms with E-state index in [-0.39, 0.29) is 11.1 Å². The summed E-state index contributed by atoms with van der Waals surface area (Å²) in [6.07, 6.45) is 1.69. The van der Waals surface area contributed by atoms with Gasteiger partial charge in [0.05, 0.1) is 5.02 Å². The molecule has 0 aliphatic carbocycles. The molecule has 84 valence electrons. The second-order valence-electron chi connectivity index (χ2n) is 3.08. The van der Waals surface area contributed by atoms with Crippen LogP contribution in [-0.4, -0.2) is 15.9 Å². The number of anilines is 1. The van der Waals surface area contributed by atoms with Crippen molar-refractivity contribution in [3.63, 3.8) is 0 Å². The lowest BCUT2D eigenvalue weighted by Crippen LogP contribution is -2.11. The van der Waals surface area contributed by atoms with Crippen LogP contribution in [0.15, 0.2) is 12.3 Å². The highest BCUT2D eigenvalue weighted by Gasteiger charge is 2.12. The first-order valence-electron chi connectivity index (χ1n) is 4.34. The van der Waals surface area contributed by atoms with Gasteiger partial charge in [0.25, 0.3) is 5.91 Å². The molecule has 16 heavy (non-hydrogen) atoms. The molecule has 0 aliphatic heterocycles. The van der Waals surface area contributed by atoms with Crippen LogP contribution in [0.25, 0.3) is 0 Å². The van der Waals surface area contributed by atoms with Gasteiger partial charge in [-0.1, -0.05) is 23.2 Å². The van der Waals surface area contributed by atoms with E-state index < -0.39 is 0 Å². The maximum Gasteiger partial charge on any atom is 0.273 e. The van der Waals surface area contributed by atoms with Gasteiger partial charge in [0, 0.05) is 11.1 Å². The third-order valence-electron chi connectivity index (χ3n) is 1.81. The summed E-state index contributed by atoms with van der Waals surface area (Å²) in [5.41, 5.74) is 0.308. The maximum absolute atomic E-state index is 11.7. The van der Waals surface area contributed by atoms with Gasteiger partial charge in [-0.05, 0) is 13.0 Å². The first kappa shape index (κ1) is 11.4. The van der Waals surface area contributed by atoms with Crippen molar-refractivity contribution in [1.29, 1.82) is 0 Å². The van der Waals surface area contributed by atoms with Crippen molar-refractivity contribution in [2.75, 3.05) is 5.32 Å². The normalized spacial score (nSPS) is 10.4. The standard InChI is InChI=1S/C9H7Cl2N3OS/c1-4-3-12-9(16-4)14-8(15)6-2-5(10)7(11)13-6/h2-3,13H,1H3,(H,12,14,15). The predicted molar refractivity (Wildman–Crippen MR) is 65.6 cm³/mol. The van der Waals surface area contributed by atoms with Crippen molar-refractivity contribution in [3.05, 3.63) is 33.0 Å². The largest absolute Gasteiger partial charge is 0.340 e. The Balaban J connectivity index is 2.14. The Hall–Kier alpha value is -1.04. The molecule has 0 spiro atoms. The minimum atomic E-state index is -0.317. The number of carbonyl (C=O) groups excluding carboxylic acids is 1. The van der Waals surface area contributed by atoms with E-state index in [9.17, 15) is 4.79 Å². The van der Waals surface area contributed by atoms with E-state index in [0.717, 1.165) is 4.88 Å². The SMILES string of the molecule is Cc1cnc(NC(=O)c2cc(Cl)c(Cl)[nH]2)s1. The summed E-state index contributed by atoms with van der Waals surface area (Å²) in [6.45, 7) is 1.91. The number of hydrogen-bond acceptors (Lipinski definition) is 3. The zero-order chi connectivity index (χ0) is 11.7. The summed E-state index contributed by atoms with van der Waals surface area (Å²) >= 11 is 12.8. The van der Waals surface area contributed by atoms with Crippen molar-refractivity contribution in [2.24, 2.45) is 0 Å². The lowest BCUT2D eigenvalue weighted by molar-refractivity contribution is 0.102. The van der Waals surface area contributed by atoms with Crippen LogP contribution in [-0.2, 0) is 0 Å². The number of carbonyl (C=O) groups is 1. The van der Waals surface area contributed by atoms with Gasteiger partial charge in [0.2, 0.25) is 0 Å². The number of aryl methyl sites for hydroxylation is 1. The summed E-state index contributed by atoms with van der Waals surface area (Å²) in [4.78, 5) is 19.4. The second-order valence-corrected chi connectivity index (χ2v) is 5.10. The number of H-pyrrole nitrogens is 1. The predicted octanol–water partition coefficient (Wildman–Crippen LogP) is 3.34. The Labute approximate surface area is 106 Å². The average Bonchev–Trinajstić information content (AvgIpc) is 2.75. The molecule has 2 N–H and O–H groups in total. The van der Waals surface area contributed by atoms with E-state index in [1.54, 1.807) is 6.20 Å².